The number of carbonyl (C=O) groups is 1. The second-order valence-electron chi connectivity index (χ2n) is 2.61. The number of oxime groups is 1. The third kappa shape index (κ3) is 5.03. The number of rotatable bonds is 5. The number of hydrogen-bond acceptors (Lipinski definition) is 3. The van der Waals surface area contributed by atoms with Crippen molar-refractivity contribution in [3.05, 3.63) is 0 Å². The zero-order valence-electron chi connectivity index (χ0n) is 7.38. The Hall–Kier alpha value is -1.54. The smallest absolute Gasteiger partial charge is 0.324 e. The molecule has 0 aliphatic heterocycles. The van der Waals surface area contributed by atoms with Crippen LogP contribution in [0.25, 0.3) is 0 Å². The summed E-state index contributed by atoms with van der Waals surface area (Å²) in [5, 5.41) is 11.9. The first-order valence-electron chi connectivity index (χ1n) is 3.68. The molecule has 15 heavy (non-hydrogen) atoms. The SMILES string of the molecule is NC(CC(=O)NCC(F)(F)C(F)F)=NO. The zero-order valence-corrected chi connectivity index (χ0v) is 7.38. The maximum Gasteiger partial charge on any atom is 0.324 e. The molecule has 4 N–H and O–H groups in total. The fourth-order valence-electron chi connectivity index (χ4n) is 0.556. The molecule has 0 spiro atoms. The van der Waals surface area contributed by atoms with E-state index in [2.05, 4.69) is 5.16 Å². The molecule has 0 aromatic carbocycles. The monoisotopic (exact) mass is 231 g/mol. The van der Waals surface area contributed by atoms with Crippen LogP contribution in [0.15, 0.2) is 5.16 Å². The van der Waals surface area contributed by atoms with Crippen LogP contribution in [0.3, 0.4) is 0 Å². The first kappa shape index (κ1) is 13.5. The van der Waals surface area contributed by atoms with Crippen molar-refractivity contribution in [1.29, 1.82) is 0 Å². The first-order chi connectivity index (χ1) is 6.79. The molecule has 0 saturated heterocycles. The molecular formula is C6H9F4N3O2. The van der Waals surface area contributed by atoms with Gasteiger partial charge in [-0.3, -0.25) is 4.79 Å². The lowest BCUT2D eigenvalue weighted by Gasteiger charge is -2.15. The lowest BCUT2D eigenvalue weighted by molar-refractivity contribution is -0.135. The maximum absolute atomic E-state index is 12.3. The fourth-order valence-corrected chi connectivity index (χ4v) is 0.556. The molecule has 0 unspecified atom stereocenters. The first-order valence-corrected chi connectivity index (χ1v) is 3.68. The average molecular weight is 231 g/mol. The van der Waals surface area contributed by atoms with Gasteiger partial charge in [0.2, 0.25) is 5.91 Å². The summed E-state index contributed by atoms with van der Waals surface area (Å²) in [6.07, 6.45) is -4.50. The number of amides is 1. The molecule has 5 nitrogen and oxygen atoms in total. The molecule has 9 heteroatoms. The Morgan fingerprint density at radius 3 is 2.47 bits per heavy atom. The Morgan fingerprint density at radius 1 is 1.53 bits per heavy atom. The molecule has 0 heterocycles. The van der Waals surface area contributed by atoms with Crippen LogP contribution in [0.1, 0.15) is 6.42 Å². The molecule has 0 bridgehead atoms. The van der Waals surface area contributed by atoms with Gasteiger partial charge in [0.15, 0.2) is 0 Å². The third-order valence-electron chi connectivity index (χ3n) is 1.31. The molecule has 0 aromatic heterocycles. The van der Waals surface area contributed by atoms with Gasteiger partial charge in [0.1, 0.15) is 5.84 Å². The fraction of sp³-hybridized carbons (Fsp3) is 0.667. The van der Waals surface area contributed by atoms with Crippen LogP contribution >= 0.6 is 0 Å². The Morgan fingerprint density at radius 2 is 2.07 bits per heavy atom. The number of amidine groups is 1. The van der Waals surface area contributed by atoms with E-state index in [0.29, 0.717) is 0 Å². The third-order valence-corrected chi connectivity index (χ3v) is 1.31. The van der Waals surface area contributed by atoms with Crippen LogP contribution in [-0.2, 0) is 4.79 Å². The summed E-state index contributed by atoms with van der Waals surface area (Å²) in [6, 6.07) is 0. The number of alkyl halides is 4. The molecule has 0 aliphatic carbocycles. The van der Waals surface area contributed by atoms with E-state index in [4.69, 9.17) is 10.9 Å². The van der Waals surface area contributed by atoms with Crippen molar-refractivity contribution in [2.24, 2.45) is 10.9 Å². The summed E-state index contributed by atoms with van der Waals surface area (Å²) in [4.78, 5) is 10.7. The standard InChI is InChI=1S/C6H9F4N3O2/c7-5(8)6(9,10)2-12-4(14)1-3(11)13-15/h5,15H,1-2H2,(H2,11,13)(H,12,14). The Balaban J connectivity index is 4.01. The van der Waals surface area contributed by atoms with Crippen molar-refractivity contribution in [3.8, 4) is 0 Å². The number of nitrogens with zero attached hydrogens (tertiary/aromatic N) is 1. The molecule has 1 amide bonds. The molecule has 0 atom stereocenters. The van der Waals surface area contributed by atoms with Crippen LogP contribution < -0.4 is 11.1 Å². The molecule has 88 valence electrons. The predicted octanol–water partition coefficient (Wildman–Crippen LogP) is 0.139. The summed E-state index contributed by atoms with van der Waals surface area (Å²) in [6.45, 7) is -1.50. The van der Waals surface area contributed by atoms with Gasteiger partial charge in [-0.1, -0.05) is 5.16 Å². The number of hydrogen-bond donors (Lipinski definition) is 3. The minimum Gasteiger partial charge on any atom is -0.409 e. The molecule has 0 saturated carbocycles. The van der Waals surface area contributed by atoms with E-state index in [-0.39, 0.29) is 0 Å². The minimum absolute atomic E-state index is 0.507. The summed E-state index contributed by atoms with van der Waals surface area (Å²) in [5.74, 6) is -5.83. The highest BCUT2D eigenvalue weighted by Gasteiger charge is 2.40. The topological polar surface area (TPSA) is 87.7 Å². The van der Waals surface area contributed by atoms with Gasteiger partial charge in [-0.15, -0.1) is 0 Å². The second-order valence-corrected chi connectivity index (χ2v) is 2.61. The van der Waals surface area contributed by atoms with E-state index in [1.807, 2.05) is 0 Å². The van der Waals surface area contributed by atoms with E-state index in [9.17, 15) is 22.4 Å². The van der Waals surface area contributed by atoms with E-state index >= 15 is 0 Å². The van der Waals surface area contributed by atoms with Gasteiger partial charge in [-0.05, 0) is 0 Å². The second kappa shape index (κ2) is 5.37. The summed E-state index contributed by atoms with van der Waals surface area (Å²) < 4.78 is 47.7. The highest BCUT2D eigenvalue weighted by molar-refractivity contribution is 5.98. The van der Waals surface area contributed by atoms with Crippen molar-refractivity contribution in [2.75, 3.05) is 6.54 Å². The molecule has 0 rings (SSSR count). The van der Waals surface area contributed by atoms with Gasteiger partial charge < -0.3 is 16.3 Å². The maximum atomic E-state index is 12.3. The normalized spacial score (nSPS) is 13.0. The van der Waals surface area contributed by atoms with E-state index in [1.54, 1.807) is 0 Å². The predicted molar refractivity (Wildman–Crippen MR) is 42.0 cm³/mol. The molecule has 0 aliphatic rings. The van der Waals surface area contributed by atoms with Crippen LogP contribution in [-0.4, -0.2) is 35.8 Å². The Kier molecular flexibility index (Phi) is 4.82. The highest BCUT2D eigenvalue weighted by atomic mass is 19.3. The number of carbonyl (C=O) groups excluding carboxylic acids is 1. The molecule has 0 fully saturated rings. The van der Waals surface area contributed by atoms with Gasteiger partial charge in [0.05, 0.1) is 13.0 Å². The van der Waals surface area contributed by atoms with E-state index < -0.39 is 37.1 Å². The lowest BCUT2D eigenvalue weighted by atomic mass is 10.3. The number of nitrogens with two attached hydrogens (primary N) is 1. The summed E-state index contributed by atoms with van der Waals surface area (Å²) in [5.41, 5.74) is 4.88. The van der Waals surface area contributed by atoms with Gasteiger partial charge in [0, 0.05) is 0 Å². The van der Waals surface area contributed by atoms with Gasteiger partial charge in [0.25, 0.3) is 0 Å². The van der Waals surface area contributed by atoms with E-state index in [0.717, 1.165) is 0 Å². The van der Waals surface area contributed by atoms with Gasteiger partial charge >= 0.3 is 12.3 Å². The van der Waals surface area contributed by atoms with Crippen LogP contribution in [0.5, 0.6) is 0 Å². The average Bonchev–Trinajstić information content (AvgIpc) is 2.14. The highest BCUT2D eigenvalue weighted by Crippen LogP contribution is 2.21. The number of halogens is 4. The minimum atomic E-state index is -4.29. The summed E-state index contributed by atoms with van der Waals surface area (Å²) >= 11 is 0. The Bertz CT molecular complexity index is 257. The van der Waals surface area contributed by atoms with Crippen molar-refractivity contribution in [1.82, 2.24) is 5.32 Å². The molecular weight excluding hydrogens is 222 g/mol. The van der Waals surface area contributed by atoms with Crippen molar-refractivity contribution in [2.45, 2.75) is 18.8 Å². The lowest BCUT2D eigenvalue weighted by Crippen LogP contribution is -2.42. The summed E-state index contributed by atoms with van der Waals surface area (Å²) in [7, 11) is 0. The number of nitrogens with one attached hydrogen (secondary N) is 1. The van der Waals surface area contributed by atoms with E-state index in [1.165, 1.54) is 5.32 Å². The molecule has 0 aromatic rings. The molecule has 0 radical (unpaired) electrons. The van der Waals surface area contributed by atoms with Crippen LogP contribution in [0.4, 0.5) is 17.6 Å². The van der Waals surface area contributed by atoms with Crippen LogP contribution in [0, 0.1) is 0 Å². The quantitative estimate of drug-likeness (QED) is 0.207. The van der Waals surface area contributed by atoms with Crippen LogP contribution in [0.2, 0.25) is 0 Å². The largest absolute Gasteiger partial charge is 0.409 e. The van der Waals surface area contributed by atoms with Gasteiger partial charge in [-0.2, -0.15) is 8.78 Å². The Labute approximate surface area is 81.9 Å². The van der Waals surface area contributed by atoms with Crippen molar-refractivity contribution < 1.29 is 27.6 Å². The van der Waals surface area contributed by atoms with Crippen molar-refractivity contribution >= 4 is 11.7 Å². The zero-order chi connectivity index (χ0) is 12.1. The van der Waals surface area contributed by atoms with Gasteiger partial charge in [-0.25, -0.2) is 8.78 Å². The van der Waals surface area contributed by atoms with Crippen molar-refractivity contribution in [3.63, 3.8) is 0 Å².